The predicted molar refractivity (Wildman–Crippen MR) is 94.1 cm³/mol. The van der Waals surface area contributed by atoms with Gasteiger partial charge in [0.2, 0.25) is 5.91 Å². The number of hydrogen-bond donors (Lipinski definition) is 1. The Balaban J connectivity index is 1.68. The molecule has 27 heavy (non-hydrogen) atoms. The predicted octanol–water partition coefficient (Wildman–Crippen LogP) is 4.21. The quantitative estimate of drug-likeness (QED) is 0.654. The van der Waals surface area contributed by atoms with Gasteiger partial charge >= 0.3 is 6.18 Å². The summed E-state index contributed by atoms with van der Waals surface area (Å²) in [6.45, 7) is 1.63. The number of benzene rings is 1. The number of halogens is 3. The van der Waals surface area contributed by atoms with Gasteiger partial charge in [-0.1, -0.05) is 17.8 Å². The SMILES string of the molecule is C[C@H](Sc1nnc(-c2ccco2)n1C)C(=O)Nc1cccc(C(F)(F)F)c1. The summed E-state index contributed by atoms with van der Waals surface area (Å²) in [5.74, 6) is 0.604. The molecule has 6 nitrogen and oxygen atoms in total. The van der Waals surface area contributed by atoms with Crippen LogP contribution in [0.15, 0.2) is 52.2 Å². The van der Waals surface area contributed by atoms with Crippen molar-refractivity contribution in [3.05, 3.63) is 48.2 Å². The molecule has 0 fully saturated rings. The maximum Gasteiger partial charge on any atom is 0.416 e. The molecule has 0 saturated carbocycles. The molecule has 3 aromatic rings. The monoisotopic (exact) mass is 396 g/mol. The van der Waals surface area contributed by atoms with E-state index >= 15 is 0 Å². The third kappa shape index (κ3) is 4.33. The number of thioether (sulfide) groups is 1. The van der Waals surface area contributed by atoms with Crippen LogP contribution in [0.1, 0.15) is 12.5 Å². The highest BCUT2D eigenvalue weighted by Crippen LogP contribution is 2.31. The number of hydrogen-bond acceptors (Lipinski definition) is 5. The van der Waals surface area contributed by atoms with Gasteiger partial charge in [0.25, 0.3) is 0 Å². The Morgan fingerprint density at radius 1 is 1.26 bits per heavy atom. The fourth-order valence-corrected chi connectivity index (χ4v) is 3.08. The standard InChI is InChI=1S/C17H15F3N4O2S/c1-10(15(25)21-12-6-3-5-11(9-12)17(18,19)20)27-16-23-22-14(24(16)2)13-7-4-8-26-13/h3-10H,1-2H3,(H,21,25)/t10-/m0/s1. The zero-order chi connectivity index (χ0) is 19.6. The van der Waals surface area contributed by atoms with Crippen molar-refractivity contribution < 1.29 is 22.4 Å². The zero-order valence-electron chi connectivity index (χ0n) is 14.3. The van der Waals surface area contributed by atoms with E-state index in [9.17, 15) is 18.0 Å². The van der Waals surface area contributed by atoms with Crippen molar-refractivity contribution in [3.8, 4) is 11.6 Å². The number of alkyl halides is 3. The summed E-state index contributed by atoms with van der Waals surface area (Å²) >= 11 is 1.14. The number of anilines is 1. The lowest BCUT2D eigenvalue weighted by Crippen LogP contribution is -2.23. The van der Waals surface area contributed by atoms with E-state index in [-0.39, 0.29) is 5.69 Å². The van der Waals surface area contributed by atoms with Crippen LogP contribution in [-0.4, -0.2) is 25.9 Å². The van der Waals surface area contributed by atoms with E-state index in [0.29, 0.717) is 16.7 Å². The summed E-state index contributed by atoms with van der Waals surface area (Å²) in [6.07, 6.45) is -2.95. The van der Waals surface area contributed by atoms with Crippen molar-refractivity contribution >= 4 is 23.4 Å². The normalized spacial score (nSPS) is 12.8. The molecule has 1 amide bonds. The minimum atomic E-state index is -4.47. The second-order valence-corrected chi connectivity index (χ2v) is 6.98. The fraction of sp³-hybridized carbons (Fsp3) is 0.235. The molecule has 0 saturated heterocycles. The first-order chi connectivity index (χ1) is 12.8. The molecule has 0 spiro atoms. The molecule has 2 heterocycles. The molecule has 0 aliphatic carbocycles. The lowest BCUT2D eigenvalue weighted by molar-refractivity contribution is -0.137. The molecule has 1 atom stereocenters. The van der Waals surface area contributed by atoms with E-state index in [4.69, 9.17) is 4.42 Å². The summed E-state index contributed by atoms with van der Waals surface area (Å²) in [7, 11) is 1.73. The average Bonchev–Trinajstić information content (AvgIpc) is 3.25. The van der Waals surface area contributed by atoms with Crippen LogP contribution in [0.25, 0.3) is 11.6 Å². The number of nitrogens with zero attached hydrogens (tertiary/aromatic N) is 3. The fourth-order valence-electron chi connectivity index (χ4n) is 2.27. The number of amides is 1. The smallest absolute Gasteiger partial charge is 0.416 e. The van der Waals surface area contributed by atoms with Crippen molar-refractivity contribution in [2.24, 2.45) is 7.05 Å². The summed E-state index contributed by atoms with van der Waals surface area (Å²) < 4.78 is 45.3. The number of carbonyl (C=O) groups is 1. The maximum atomic E-state index is 12.8. The lowest BCUT2D eigenvalue weighted by atomic mass is 10.2. The molecule has 0 bridgehead atoms. The minimum absolute atomic E-state index is 0.0801. The molecule has 10 heteroatoms. The zero-order valence-corrected chi connectivity index (χ0v) is 15.1. The Kier molecular flexibility index (Phi) is 5.26. The Morgan fingerprint density at radius 3 is 2.70 bits per heavy atom. The van der Waals surface area contributed by atoms with Crippen LogP contribution in [0.2, 0.25) is 0 Å². The summed E-state index contributed by atoms with van der Waals surface area (Å²) in [5.41, 5.74) is -0.742. The lowest BCUT2D eigenvalue weighted by Gasteiger charge is -2.13. The van der Waals surface area contributed by atoms with Gasteiger partial charge in [-0.15, -0.1) is 10.2 Å². The third-order valence-electron chi connectivity index (χ3n) is 3.69. The molecule has 1 aromatic carbocycles. The van der Waals surface area contributed by atoms with E-state index in [1.54, 1.807) is 30.7 Å². The van der Waals surface area contributed by atoms with Gasteiger partial charge in [-0.25, -0.2) is 0 Å². The maximum absolute atomic E-state index is 12.8. The molecule has 142 valence electrons. The van der Waals surface area contributed by atoms with Crippen LogP contribution in [0.4, 0.5) is 18.9 Å². The van der Waals surface area contributed by atoms with Crippen molar-refractivity contribution in [3.63, 3.8) is 0 Å². The number of nitrogens with one attached hydrogen (secondary N) is 1. The van der Waals surface area contributed by atoms with Gasteiger partial charge in [0, 0.05) is 12.7 Å². The molecule has 0 aliphatic heterocycles. The largest absolute Gasteiger partial charge is 0.461 e. The molecular weight excluding hydrogens is 381 g/mol. The van der Waals surface area contributed by atoms with E-state index in [0.717, 1.165) is 23.9 Å². The molecule has 0 aliphatic rings. The van der Waals surface area contributed by atoms with Gasteiger partial charge in [-0.2, -0.15) is 13.2 Å². The van der Waals surface area contributed by atoms with E-state index in [1.165, 1.54) is 18.4 Å². The molecule has 0 radical (unpaired) electrons. The van der Waals surface area contributed by atoms with Gasteiger partial charge in [-0.3, -0.25) is 4.79 Å². The molecule has 1 N–H and O–H groups in total. The Bertz CT molecular complexity index is 938. The first-order valence-electron chi connectivity index (χ1n) is 7.84. The third-order valence-corrected chi connectivity index (χ3v) is 4.82. The van der Waals surface area contributed by atoms with Crippen molar-refractivity contribution in [2.75, 3.05) is 5.32 Å². The molecule has 3 rings (SSSR count). The van der Waals surface area contributed by atoms with Crippen LogP contribution in [0, 0.1) is 0 Å². The highest BCUT2D eigenvalue weighted by atomic mass is 32.2. The summed E-state index contributed by atoms with van der Waals surface area (Å²) in [6, 6.07) is 7.96. The number of furan rings is 1. The van der Waals surface area contributed by atoms with Gasteiger partial charge in [0.05, 0.1) is 17.1 Å². The molecule has 0 unspecified atom stereocenters. The Morgan fingerprint density at radius 2 is 2.04 bits per heavy atom. The minimum Gasteiger partial charge on any atom is -0.461 e. The van der Waals surface area contributed by atoms with Crippen molar-refractivity contribution in [2.45, 2.75) is 23.5 Å². The number of aromatic nitrogens is 3. The van der Waals surface area contributed by atoms with E-state index in [2.05, 4.69) is 15.5 Å². The van der Waals surface area contributed by atoms with Crippen LogP contribution < -0.4 is 5.32 Å². The van der Waals surface area contributed by atoms with Crippen LogP contribution >= 0.6 is 11.8 Å². The van der Waals surface area contributed by atoms with Gasteiger partial charge in [0.15, 0.2) is 16.7 Å². The topological polar surface area (TPSA) is 73.0 Å². The highest BCUT2D eigenvalue weighted by Gasteiger charge is 2.30. The first-order valence-corrected chi connectivity index (χ1v) is 8.71. The van der Waals surface area contributed by atoms with E-state index < -0.39 is 22.9 Å². The van der Waals surface area contributed by atoms with E-state index in [1.807, 2.05) is 0 Å². The van der Waals surface area contributed by atoms with Gasteiger partial charge < -0.3 is 14.3 Å². The van der Waals surface area contributed by atoms with Crippen molar-refractivity contribution in [1.29, 1.82) is 0 Å². The van der Waals surface area contributed by atoms with Gasteiger partial charge in [-0.05, 0) is 37.3 Å². The second kappa shape index (κ2) is 7.47. The first kappa shape index (κ1) is 19.0. The highest BCUT2D eigenvalue weighted by molar-refractivity contribution is 8.00. The Hall–Kier alpha value is -2.75. The number of carbonyl (C=O) groups excluding carboxylic acids is 1. The number of rotatable bonds is 5. The van der Waals surface area contributed by atoms with Crippen LogP contribution in [0.5, 0.6) is 0 Å². The molecular formula is C17H15F3N4O2S. The van der Waals surface area contributed by atoms with Crippen LogP contribution in [-0.2, 0) is 18.0 Å². The molecule has 2 aromatic heterocycles. The second-order valence-electron chi connectivity index (χ2n) is 5.67. The average molecular weight is 396 g/mol. The summed E-state index contributed by atoms with van der Waals surface area (Å²) in [5, 5.41) is 10.4. The van der Waals surface area contributed by atoms with Crippen LogP contribution in [0.3, 0.4) is 0 Å². The summed E-state index contributed by atoms with van der Waals surface area (Å²) in [4.78, 5) is 12.3. The Labute approximate surface area is 156 Å². The van der Waals surface area contributed by atoms with Crippen molar-refractivity contribution in [1.82, 2.24) is 14.8 Å². The van der Waals surface area contributed by atoms with Gasteiger partial charge in [0.1, 0.15) is 0 Å².